The molecule has 0 bridgehead atoms. The first kappa shape index (κ1) is 15.0. The van der Waals surface area contributed by atoms with E-state index in [1.54, 1.807) is 12.1 Å². The standard InChI is InChI=1S/C19H13FN4O/c20-13-8-4-7-12(9-13)15-14(10-21)18(22)25-19-16(15)17(23-24-19)11-5-2-1-3-6-11/h1-9,15H,22H2,(H,23,24)/t15-/m0/s1. The summed E-state index contributed by atoms with van der Waals surface area (Å²) in [5.74, 6) is -0.662. The molecule has 3 aromatic rings. The van der Waals surface area contributed by atoms with E-state index in [9.17, 15) is 9.65 Å². The van der Waals surface area contributed by atoms with Gasteiger partial charge >= 0.3 is 0 Å². The number of nitrogens with two attached hydrogens (primary N) is 1. The monoisotopic (exact) mass is 332 g/mol. The highest BCUT2D eigenvalue weighted by atomic mass is 19.1. The molecule has 4 rings (SSSR count). The molecule has 0 aliphatic carbocycles. The van der Waals surface area contributed by atoms with E-state index in [0.717, 1.165) is 5.56 Å². The molecule has 1 aliphatic rings. The molecule has 0 saturated heterocycles. The van der Waals surface area contributed by atoms with Crippen LogP contribution in [0.1, 0.15) is 17.0 Å². The fourth-order valence-corrected chi connectivity index (χ4v) is 3.09. The summed E-state index contributed by atoms with van der Waals surface area (Å²) < 4.78 is 19.3. The number of fused-ring (bicyclic) bond motifs is 1. The van der Waals surface area contributed by atoms with E-state index in [2.05, 4.69) is 16.3 Å². The van der Waals surface area contributed by atoms with Crippen molar-refractivity contribution in [2.45, 2.75) is 5.92 Å². The number of allylic oxidation sites excluding steroid dienone is 1. The number of halogens is 1. The maximum absolute atomic E-state index is 13.8. The third-order valence-corrected chi connectivity index (χ3v) is 4.18. The van der Waals surface area contributed by atoms with Crippen molar-refractivity contribution >= 4 is 0 Å². The molecule has 1 atom stereocenters. The van der Waals surface area contributed by atoms with Crippen molar-refractivity contribution in [2.75, 3.05) is 0 Å². The van der Waals surface area contributed by atoms with Gasteiger partial charge in [-0.1, -0.05) is 42.5 Å². The van der Waals surface area contributed by atoms with Crippen molar-refractivity contribution in [1.82, 2.24) is 10.2 Å². The Bertz CT molecular complexity index is 1020. The van der Waals surface area contributed by atoms with Gasteiger partial charge in [0.25, 0.3) is 0 Å². The molecular formula is C19H13FN4O. The summed E-state index contributed by atoms with van der Waals surface area (Å²) in [7, 11) is 0. The Hall–Kier alpha value is -3.59. The second-order valence-electron chi connectivity index (χ2n) is 5.66. The van der Waals surface area contributed by atoms with Crippen LogP contribution in [-0.2, 0) is 0 Å². The molecule has 0 amide bonds. The molecule has 0 radical (unpaired) electrons. The Balaban J connectivity index is 1.97. The lowest BCUT2D eigenvalue weighted by molar-refractivity contribution is 0.379. The van der Waals surface area contributed by atoms with Crippen LogP contribution in [-0.4, -0.2) is 10.2 Å². The van der Waals surface area contributed by atoms with Crippen molar-refractivity contribution in [3.8, 4) is 23.2 Å². The zero-order valence-electron chi connectivity index (χ0n) is 13.0. The number of aromatic nitrogens is 2. The highest BCUT2D eigenvalue weighted by molar-refractivity contribution is 5.70. The van der Waals surface area contributed by atoms with Gasteiger partial charge in [0.2, 0.25) is 11.8 Å². The van der Waals surface area contributed by atoms with Gasteiger partial charge < -0.3 is 10.5 Å². The minimum atomic E-state index is -0.557. The molecule has 3 N–H and O–H groups in total. The average Bonchev–Trinajstić information content (AvgIpc) is 3.04. The van der Waals surface area contributed by atoms with Crippen LogP contribution in [0.15, 0.2) is 66.1 Å². The average molecular weight is 332 g/mol. The molecule has 0 fully saturated rings. The smallest absolute Gasteiger partial charge is 0.244 e. The number of aromatic amines is 1. The summed E-state index contributed by atoms with van der Waals surface area (Å²) in [4.78, 5) is 0. The number of benzene rings is 2. The minimum Gasteiger partial charge on any atom is -0.420 e. The highest BCUT2D eigenvalue weighted by Crippen LogP contribution is 2.45. The van der Waals surface area contributed by atoms with Gasteiger partial charge in [0, 0.05) is 0 Å². The van der Waals surface area contributed by atoms with Crippen LogP contribution in [0, 0.1) is 17.1 Å². The molecule has 2 aromatic carbocycles. The van der Waals surface area contributed by atoms with Gasteiger partial charge in [-0.25, -0.2) is 4.39 Å². The molecule has 1 aliphatic heterocycles. The maximum Gasteiger partial charge on any atom is 0.244 e. The molecule has 0 saturated carbocycles. The molecule has 2 heterocycles. The van der Waals surface area contributed by atoms with E-state index >= 15 is 0 Å². The van der Waals surface area contributed by atoms with Gasteiger partial charge in [-0.2, -0.15) is 5.26 Å². The Morgan fingerprint density at radius 3 is 2.68 bits per heavy atom. The van der Waals surface area contributed by atoms with Crippen molar-refractivity contribution < 1.29 is 9.13 Å². The number of rotatable bonds is 2. The quantitative estimate of drug-likeness (QED) is 0.752. The van der Waals surface area contributed by atoms with Crippen LogP contribution in [0.2, 0.25) is 0 Å². The topological polar surface area (TPSA) is 87.7 Å². The Labute approximate surface area is 143 Å². The van der Waals surface area contributed by atoms with E-state index in [1.165, 1.54) is 12.1 Å². The number of hydrogen-bond acceptors (Lipinski definition) is 4. The fourth-order valence-electron chi connectivity index (χ4n) is 3.09. The summed E-state index contributed by atoms with van der Waals surface area (Å²) in [5.41, 5.74) is 9.02. The zero-order chi connectivity index (χ0) is 17.4. The summed E-state index contributed by atoms with van der Waals surface area (Å²) in [5, 5.41) is 16.7. The number of hydrogen-bond donors (Lipinski definition) is 2. The zero-order valence-corrected chi connectivity index (χ0v) is 13.0. The van der Waals surface area contributed by atoms with E-state index < -0.39 is 5.92 Å². The lowest BCUT2D eigenvalue weighted by Gasteiger charge is -2.24. The molecule has 122 valence electrons. The molecule has 1 aromatic heterocycles. The van der Waals surface area contributed by atoms with Crippen molar-refractivity contribution in [2.24, 2.45) is 5.73 Å². The Morgan fingerprint density at radius 1 is 1.16 bits per heavy atom. The number of H-pyrrole nitrogens is 1. The van der Waals surface area contributed by atoms with E-state index in [0.29, 0.717) is 22.7 Å². The number of nitriles is 1. The van der Waals surface area contributed by atoms with Crippen LogP contribution in [0.3, 0.4) is 0 Å². The van der Waals surface area contributed by atoms with Crippen molar-refractivity contribution in [3.05, 3.63) is 83.0 Å². The fraction of sp³-hybridized carbons (Fsp3) is 0.0526. The van der Waals surface area contributed by atoms with Crippen LogP contribution >= 0.6 is 0 Å². The molecule has 0 unspecified atom stereocenters. The maximum atomic E-state index is 13.8. The Morgan fingerprint density at radius 2 is 1.96 bits per heavy atom. The van der Waals surface area contributed by atoms with Gasteiger partial charge in [0.15, 0.2) is 0 Å². The van der Waals surface area contributed by atoms with E-state index in [4.69, 9.17) is 10.5 Å². The van der Waals surface area contributed by atoms with Gasteiger partial charge in [-0.3, -0.25) is 5.10 Å². The van der Waals surface area contributed by atoms with Crippen molar-refractivity contribution in [3.63, 3.8) is 0 Å². The lowest BCUT2D eigenvalue weighted by Crippen LogP contribution is -2.21. The normalized spacial score (nSPS) is 16.1. The number of ether oxygens (including phenoxy) is 1. The van der Waals surface area contributed by atoms with Gasteiger partial charge in [0.05, 0.1) is 17.2 Å². The highest BCUT2D eigenvalue weighted by Gasteiger charge is 2.35. The molecule has 5 nitrogen and oxygen atoms in total. The first-order valence-corrected chi connectivity index (χ1v) is 7.65. The van der Waals surface area contributed by atoms with E-state index in [-0.39, 0.29) is 17.3 Å². The summed E-state index contributed by atoms with van der Waals surface area (Å²) in [6, 6.07) is 17.8. The number of nitrogens with one attached hydrogen (secondary N) is 1. The van der Waals surface area contributed by atoms with Crippen LogP contribution < -0.4 is 10.5 Å². The largest absolute Gasteiger partial charge is 0.420 e. The predicted molar refractivity (Wildman–Crippen MR) is 89.7 cm³/mol. The Kier molecular flexibility index (Phi) is 3.47. The van der Waals surface area contributed by atoms with Gasteiger partial charge in [0.1, 0.15) is 17.5 Å². The van der Waals surface area contributed by atoms with Crippen LogP contribution in [0.5, 0.6) is 5.88 Å². The summed E-state index contributed by atoms with van der Waals surface area (Å²) in [6.45, 7) is 0. The molecule has 6 heteroatoms. The first-order chi connectivity index (χ1) is 12.2. The number of nitrogens with zero attached hydrogens (tertiary/aromatic N) is 2. The van der Waals surface area contributed by atoms with Crippen LogP contribution in [0.4, 0.5) is 4.39 Å². The predicted octanol–water partition coefficient (Wildman–Crippen LogP) is 3.43. The summed E-state index contributed by atoms with van der Waals surface area (Å²) >= 11 is 0. The second kappa shape index (κ2) is 5.80. The van der Waals surface area contributed by atoms with Gasteiger partial charge in [-0.05, 0) is 23.3 Å². The molecular weight excluding hydrogens is 319 g/mol. The van der Waals surface area contributed by atoms with Crippen molar-refractivity contribution in [1.29, 1.82) is 5.26 Å². The SMILES string of the molecule is N#CC1=C(N)Oc2n[nH]c(-c3ccccc3)c2[C@H]1c1cccc(F)c1. The molecule has 0 spiro atoms. The third kappa shape index (κ3) is 2.42. The van der Waals surface area contributed by atoms with E-state index in [1.807, 2.05) is 30.3 Å². The lowest BCUT2D eigenvalue weighted by atomic mass is 9.83. The van der Waals surface area contributed by atoms with Gasteiger partial charge in [-0.15, -0.1) is 5.10 Å². The second-order valence-corrected chi connectivity index (χ2v) is 5.66. The summed E-state index contributed by atoms with van der Waals surface area (Å²) in [6.07, 6.45) is 0. The minimum absolute atomic E-state index is 0.0182. The van der Waals surface area contributed by atoms with Crippen LogP contribution in [0.25, 0.3) is 11.3 Å². The molecule has 25 heavy (non-hydrogen) atoms. The first-order valence-electron chi connectivity index (χ1n) is 7.65. The third-order valence-electron chi connectivity index (χ3n) is 4.18.